The van der Waals surface area contributed by atoms with Crippen molar-refractivity contribution in [1.82, 2.24) is 9.47 Å². The first-order chi connectivity index (χ1) is 16.4. The van der Waals surface area contributed by atoms with Gasteiger partial charge in [0.05, 0.1) is 35.4 Å². The number of nitrogens with zero attached hydrogens (tertiary/aromatic N) is 2. The Morgan fingerprint density at radius 2 is 1.91 bits per heavy atom. The van der Waals surface area contributed by atoms with Gasteiger partial charge in [-0.3, -0.25) is 4.90 Å². The van der Waals surface area contributed by atoms with Crippen molar-refractivity contribution in [3.8, 4) is 5.75 Å². The van der Waals surface area contributed by atoms with Gasteiger partial charge in [0.2, 0.25) is 0 Å². The molecule has 0 bridgehead atoms. The Kier molecular flexibility index (Phi) is 9.95. The van der Waals surface area contributed by atoms with E-state index in [1.54, 1.807) is 11.8 Å². The number of thioether (sulfide) groups is 1. The first kappa shape index (κ1) is 27.9. The van der Waals surface area contributed by atoms with Crippen LogP contribution in [0.3, 0.4) is 0 Å². The van der Waals surface area contributed by atoms with Crippen molar-refractivity contribution in [3.63, 3.8) is 0 Å². The number of aromatic hydroxyl groups is 1. The smallest absolute Gasteiger partial charge is 0.340 e. The number of rotatable bonds is 8. The Balaban J connectivity index is 0.00000342. The van der Waals surface area contributed by atoms with Gasteiger partial charge in [0.25, 0.3) is 0 Å². The molecule has 0 amide bonds. The summed E-state index contributed by atoms with van der Waals surface area (Å²) in [6, 6.07) is 12.2. The van der Waals surface area contributed by atoms with Crippen LogP contribution in [-0.4, -0.2) is 53.5 Å². The topological polar surface area (TPSA) is 63.9 Å². The fourth-order valence-electron chi connectivity index (χ4n) is 4.52. The van der Waals surface area contributed by atoms with Crippen molar-refractivity contribution < 1.29 is 19.4 Å². The summed E-state index contributed by atoms with van der Waals surface area (Å²) in [5.74, 6) is 0.439. The summed E-state index contributed by atoms with van der Waals surface area (Å²) in [5.41, 5.74) is 3.15. The largest absolute Gasteiger partial charge is 0.506 e. The molecule has 4 rings (SSSR count). The van der Waals surface area contributed by atoms with E-state index in [9.17, 15) is 9.90 Å². The average molecular weight is 584 g/mol. The van der Waals surface area contributed by atoms with E-state index < -0.39 is 0 Å². The van der Waals surface area contributed by atoms with Gasteiger partial charge in [0, 0.05) is 53.0 Å². The summed E-state index contributed by atoms with van der Waals surface area (Å²) < 4.78 is 13.9. The summed E-state index contributed by atoms with van der Waals surface area (Å²) in [6.07, 6.45) is 0. The average Bonchev–Trinajstić information content (AvgIpc) is 3.16. The van der Waals surface area contributed by atoms with E-state index in [4.69, 9.17) is 9.47 Å². The minimum Gasteiger partial charge on any atom is -0.506 e. The number of ether oxygens (including phenoxy) is 2. The molecule has 2 heterocycles. The quantitative estimate of drug-likeness (QED) is 0.244. The van der Waals surface area contributed by atoms with E-state index >= 15 is 0 Å². The van der Waals surface area contributed by atoms with Crippen molar-refractivity contribution in [1.29, 1.82) is 0 Å². The minimum atomic E-state index is -0.347. The first-order valence-corrected chi connectivity index (χ1v) is 13.4. The number of hydrogen-bond acceptors (Lipinski definition) is 6. The first-order valence-electron chi connectivity index (χ1n) is 11.6. The van der Waals surface area contributed by atoms with Gasteiger partial charge in [0.1, 0.15) is 5.75 Å². The van der Waals surface area contributed by atoms with Gasteiger partial charge in [-0.05, 0) is 54.9 Å². The fourth-order valence-corrected chi connectivity index (χ4v) is 5.91. The zero-order valence-electron chi connectivity index (χ0n) is 20.3. The Bertz CT molecular complexity index is 1160. The number of esters is 1. The number of phenolic OH excluding ortho intramolecular Hbond substituents is 1. The molecule has 0 radical (unpaired) electrons. The van der Waals surface area contributed by atoms with Crippen LogP contribution in [0.5, 0.6) is 5.75 Å². The van der Waals surface area contributed by atoms with E-state index in [2.05, 4.69) is 51.4 Å². The predicted molar refractivity (Wildman–Crippen MR) is 147 cm³/mol. The van der Waals surface area contributed by atoms with Crippen molar-refractivity contribution in [3.05, 3.63) is 57.7 Å². The summed E-state index contributed by atoms with van der Waals surface area (Å²) in [4.78, 5) is 16.8. The Morgan fingerprint density at radius 3 is 2.54 bits per heavy atom. The molecule has 1 aliphatic heterocycles. The van der Waals surface area contributed by atoms with Gasteiger partial charge in [-0.1, -0.05) is 18.2 Å². The van der Waals surface area contributed by atoms with Crippen LogP contribution in [0.2, 0.25) is 0 Å². The third kappa shape index (κ3) is 6.00. The molecule has 0 spiro atoms. The van der Waals surface area contributed by atoms with Gasteiger partial charge in [-0.15, -0.1) is 24.2 Å². The highest BCUT2D eigenvalue weighted by molar-refractivity contribution is 9.10. The fraction of sp³-hybridized carbons (Fsp3) is 0.423. The van der Waals surface area contributed by atoms with Crippen molar-refractivity contribution in [2.45, 2.75) is 44.0 Å². The molecule has 1 fully saturated rings. The maximum atomic E-state index is 13.4. The summed E-state index contributed by atoms with van der Waals surface area (Å²) in [7, 11) is 0. The van der Waals surface area contributed by atoms with E-state index in [1.165, 1.54) is 0 Å². The molecule has 0 atom stereocenters. The molecule has 1 aliphatic rings. The lowest BCUT2D eigenvalue weighted by molar-refractivity contribution is 0.0340. The molecule has 2 aromatic carbocycles. The van der Waals surface area contributed by atoms with Crippen LogP contribution in [0.1, 0.15) is 48.4 Å². The number of fused-ring (bicyclic) bond motifs is 1. The summed E-state index contributed by atoms with van der Waals surface area (Å²) in [5, 5.41) is 11.9. The zero-order valence-corrected chi connectivity index (χ0v) is 23.5. The van der Waals surface area contributed by atoms with Crippen LogP contribution in [0.4, 0.5) is 0 Å². The number of carbonyl (C=O) groups excluding carboxylic acids is 1. The van der Waals surface area contributed by atoms with E-state index in [-0.39, 0.29) is 30.2 Å². The van der Waals surface area contributed by atoms with E-state index in [0.717, 1.165) is 40.1 Å². The number of benzene rings is 2. The van der Waals surface area contributed by atoms with Crippen molar-refractivity contribution in [2.75, 3.05) is 32.9 Å². The maximum absolute atomic E-state index is 13.4. The number of halogens is 2. The number of carbonyl (C=O) groups is 1. The van der Waals surface area contributed by atoms with Gasteiger partial charge in [0.15, 0.2) is 0 Å². The molecule has 9 heteroatoms. The Hall–Kier alpha value is -1.71. The molecule has 1 saturated heterocycles. The zero-order chi connectivity index (χ0) is 24.2. The van der Waals surface area contributed by atoms with Crippen LogP contribution in [0, 0.1) is 0 Å². The van der Waals surface area contributed by atoms with E-state index in [1.807, 2.05) is 31.2 Å². The lowest BCUT2D eigenvalue weighted by Gasteiger charge is -2.27. The van der Waals surface area contributed by atoms with Crippen LogP contribution in [0.15, 0.2) is 45.8 Å². The second-order valence-corrected chi connectivity index (χ2v) is 10.5. The number of morpholine rings is 1. The predicted octanol–water partition coefficient (Wildman–Crippen LogP) is 6.41. The monoisotopic (exact) mass is 582 g/mol. The highest BCUT2D eigenvalue weighted by Crippen LogP contribution is 2.42. The third-order valence-electron chi connectivity index (χ3n) is 6.02. The molecule has 3 aromatic rings. The molecule has 190 valence electrons. The molecule has 6 nitrogen and oxygen atoms in total. The highest BCUT2D eigenvalue weighted by atomic mass is 79.9. The van der Waals surface area contributed by atoms with Crippen LogP contribution in [0.25, 0.3) is 10.9 Å². The summed E-state index contributed by atoms with van der Waals surface area (Å²) >= 11 is 5.25. The normalized spacial score (nSPS) is 14.3. The Labute approximate surface area is 225 Å². The summed E-state index contributed by atoms with van der Waals surface area (Å²) in [6.45, 7) is 9.77. The second-order valence-electron chi connectivity index (χ2n) is 8.58. The van der Waals surface area contributed by atoms with Crippen LogP contribution in [-0.2, 0) is 21.8 Å². The third-order valence-corrected chi connectivity index (χ3v) is 7.65. The van der Waals surface area contributed by atoms with Gasteiger partial charge < -0.3 is 19.1 Å². The SMILES string of the molecule is CCOC(=O)c1c(CSc2ccccc2)n(C(C)C)c2cc(Br)c(O)c(CN3CCOCC3)c12.Cl. The molecule has 1 N–H and O–H groups in total. The van der Waals surface area contributed by atoms with E-state index in [0.29, 0.717) is 42.2 Å². The van der Waals surface area contributed by atoms with Gasteiger partial charge in [-0.25, -0.2) is 4.79 Å². The number of aromatic nitrogens is 1. The minimum absolute atomic E-state index is 0. The molecule has 0 saturated carbocycles. The van der Waals surface area contributed by atoms with Crippen molar-refractivity contribution in [2.24, 2.45) is 0 Å². The maximum Gasteiger partial charge on any atom is 0.340 e. The van der Waals surface area contributed by atoms with Crippen LogP contribution >= 0.6 is 40.1 Å². The number of phenols is 1. The molecule has 0 unspecified atom stereocenters. The highest BCUT2D eigenvalue weighted by Gasteiger charge is 2.30. The van der Waals surface area contributed by atoms with Crippen LogP contribution < -0.4 is 0 Å². The second kappa shape index (κ2) is 12.5. The lowest BCUT2D eigenvalue weighted by atomic mass is 10.0. The molecule has 35 heavy (non-hydrogen) atoms. The van der Waals surface area contributed by atoms with Crippen molar-refractivity contribution >= 4 is 57.0 Å². The molecule has 1 aromatic heterocycles. The Morgan fingerprint density at radius 1 is 1.23 bits per heavy atom. The molecular formula is C26H32BrClN2O4S. The van der Waals surface area contributed by atoms with Gasteiger partial charge in [-0.2, -0.15) is 0 Å². The molecule has 0 aliphatic carbocycles. The molecular weight excluding hydrogens is 552 g/mol. The lowest BCUT2D eigenvalue weighted by Crippen LogP contribution is -2.35. The van der Waals surface area contributed by atoms with Gasteiger partial charge >= 0.3 is 5.97 Å². The standard InChI is InChI=1S/C26H31BrN2O4S.ClH/c1-4-33-26(31)24-22(16-34-18-8-6-5-7-9-18)29(17(2)3)21-14-20(27)25(30)19(23(21)24)15-28-10-12-32-13-11-28;/h5-9,14,17,30H,4,10-13,15-16H2,1-3H3;1H. The number of hydrogen-bond donors (Lipinski definition) is 1.